The van der Waals surface area contributed by atoms with Crippen molar-refractivity contribution in [3.63, 3.8) is 0 Å². The SMILES string of the molecule is C=CCOc1ccc(C2C(C(=O)OCCOC)=C(C)N=c3s/c(=C\c4ccc(F)cc4)c(=O)n32)cc1OC. The molecule has 1 aliphatic rings. The van der Waals surface area contributed by atoms with Crippen LogP contribution in [0.25, 0.3) is 6.08 Å². The maximum Gasteiger partial charge on any atom is 0.338 e. The van der Waals surface area contributed by atoms with E-state index < -0.39 is 12.0 Å². The number of allylic oxidation sites excluding steroid dienone is 1. The Morgan fingerprint density at radius 1 is 1.16 bits per heavy atom. The highest BCUT2D eigenvalue weighted by Gasteiger charge is 2.34. The predicted octanol–water partition coefficient (Wildman–Crippen LogP) is 3.14. The third kappa shape index (κ3) is 5.61. The van der Waals surface area contributed by atoms with E-state index in [2.05, 4.69) is 11.6 Å². The summed E-state index contributed by atoms with van der Waals surface area (Å²) in [4.78, 5) is 32.0. The van der Waals surface area contributed by atoms with Crippen molar-refractivity contribution in [2.24, 2.45) is 4.99 Å². The molecule has 0 amide bonds. The molecule has 0 radical (unpaired) electrons. The molecule has 2 aromatic carbocycles. The summed E-state index contributed by atoms with van der Waals surface area (Å²) in [5, 5.41) is 0. The number of methoxy groups -OCH3 is 2. The Hall–Kier alpha value is -4.02. The van der Waals surface area contributed by atoms with E-state index in [1.54, 1.807) is 49.4 Å². The van der Waals surface area contributed by atoms with Crippen molar-refractivity contribution in [3.05, 3.63) is 103 Å². The lowest BCUT2D eigenvalue weighted by Crippen LogP contribution is -2.40. The van der Waals surface area contributed by atoms with Crippen molar-refractivity contribution in [2.75, 3.05) is 34.0 Å². The first kappa shape index (κ1) is 27.0. The first-order valence-electron chi connectivity index (χ1n) is 11.7. The van der Waals surface area contributed by atoms with Crippen molar-refractivity contribution >= 4 is 23.4 Å². The van der Waals surface area contributed by atoms with E-state index in [9.17, 15) is 14.0 Å². The second kappa shape index (κ2) is 12.0. The van der Waals surface area contributed by atoms with Crippen LogP contribution >= 0.6 is 11.3 Å². The van der Waals surface area contributed by atoms with Crippen LogP contribution < -0.4 is 24.4 Å². The molecule has 1 aromatic heterocycles. The zero-order chi connectivity index (χ0) is 27.2. The maximum absolute atomic E-state index is 13.7. The number of carbonyl (C=O) groups is 1. The van der Waals surface area contributed by atoms with Crippen LogP contribution in [0.15, 0.2) is 76.2 Å². The van der Waals surface area contributed by atoms with Crippen LogP contribution in [0.3, 0.4) is 0 Å². The number of benzene rings is 2. The second-order valence-electron chi connectivity index (χ2n) is 8.27. The van der Waals surface area contributed by atoms with E-state index >= 15 is 0 Å². The number of rotatable bonds is 10. The lowest BCUT2D eigenvalue weighted by atomic mass is 9.95. The minimum Gasteiger partial charge on any atom is -0.493 e. The molecule has 10 heteroatoms. The van der Waals surface area contributed by atoms with Gasteiger partial charge in [-0.05, 0) is 48.4 Å². The molecule has 4 rings (SSSR count). The number of nitrogens with zero attached hydrogens (tertiary/aromatic N) is 2. The fourth-order valence-electron chi connectivity index (χ4n) is 4.03. The van der Waals surface area contributed by atoms with Gasteiger partial charge in [-0.1, -0.05) is 42.2 Å². The molecule has 0 bridgehead atoms. The van der Waals surface area contributed by atoms with Gasteiger partial charge in [0.2, 0.25) is 0 Å². The van der Waals surface area contributed by atoms with Crippen molar-refractivity contribution < 1.29 is 28.1 Å². The molecule has 8 nitrogen and oxygen atoms in total. The number of ether oxygens (including phenoxy) is 4. The van der Waals surface area contributed by atoms with Crippen molar-refractivity contribution in [1.82, 2.24) is 4.57 Å². The van der Waals surface area contributed by atoms with Crippen LogP contribution in [0.1, 0.15) is 24.1 Å². The first-order chi connectivity index (χ1) is 18.4. The molecule has 1 atom stereocenters. The fourth-order valence-corrected chi connectivity index (χ4v) is 5.07. The second-order valence-corrected chi connectivity index (χ2v) is 9.28. The number of esters is 1. The summed E-state index contributed by atoms with van der Waals surface area (Å²) >= 11 is 1.18. The highest BCUT2D eigenvalue weighted by molar-refractivity contribution is 7.07. The number of thiazole rings is 1. The van der Waals surface area contributed by atoms with Crippen LogP contribution in [0.5, 0.6) is 11.5 Å². The summed E-state index contributed by atoms with van der Waals surface area (Å²) in [5.74, 6) is -0.0540. The number of aromatic nitrogens is 1. The topological polar surface area (TPSA) is 88.4 Å². The number of hydrogen-bond donors (Lipinski definition) is 0. The Morgan fingerprint density at radius 3 is 2.61 bits per heavy atom. The average molecular weight is 539 g/mol. The standard InChI is InChI=1S/C28H27FN2O6S/c1-5-12-36-21-11-8-19(16-22(21)35-4)25-24(27(33)37-14-13-34-3)17(2)30-28-31(25)26(32)23(38-28)15-18-6-9-20(29)10-7-18/h5-11,15-16,25H,1,12-14H2,2-4H3/b23-15-. The van der Waals surface area contributed by atoms with Crippen molar-refractivity contribution in [1.29, 1.82) is 0 Å². The van der Waals surface area contributed by atoms with Crippen LogP contribution in [0.4, 0.5) is 4.39 Å². The van der Waals surface area contributed by atoms with Gasteiger partial charge in [0.15, 0.2) is 16.3 Å². The van der Waals surface area contributed by atoms with Crippen molar-refractivity contribution in [2.45, 2.75) is 13.0 Å². The summed E-state index contributed by atoms with van der Waals surface area (Å²) in [7, 11) is 3.02. The highest BCUT2D eigenvalue weighted by atomic mass is 32.1. The van der Waals surface area contributed by atoms with E-state index in [0.717, 1.165) is 0 Å². The highest BCUT2D eigenvalue weighted by Crippen LogP contribution is 2.36. The molecule has 0 aliphatic carbocycles. The number of halogens is 1. The van der Waals surface area contributed by atoms with E-state index in [1.165, 1.54) is 42.3 Å². The molecule has 3 aromatic rings. The van der Waals surface area contributed by atoms with Crippen LogP contribution in [0, 0.1) is 5.82 Å². The number of carbonyl (C=O) groups excluding carboxylic acids is 1. The number of hydrogen-bond acceptors (Lipinski definition) is 8. The normalized spacial score (nSPS) is 15.1. The first-order valence-corrected chi connectivity index (χ1v) is 12.6. The zero-order valence-electron chi connectivity index (χ0n) is 21.2. The largest absolute Gasteiger partial charge is 0.493 e. The molecule has 0 saturated heterocycles. The minimum atomic E-state index is -0.834. The van der Waals surface area contributed by atoms with E-state index in [1.807, 2.05) is 0 Å². The van der Waals surface area contributed by atoms with Gasteiger partial charge in [0.25, 0.3) is 5.56 Å². The molecule has 198 valence electrons. The fraction of sp³-hybridized carbons (Fsp3) is 0.250. The van der Waals surface area contributed by atoms with E-state index in [-0.39, 0.29) is 36.8 Å². The predicted molar refractivity (Wildman–Crippen MR) is 142 cm³/mol. The van der Waals surface area contributed by atoms with Crippen LogP contribution in [-0.2, 0) is 14.3 Å². The Kier molecular flexibility index (Phi) is 8.55. The minimum absolute atomic E-state index is 0.0471. The van der Waals surface area contributed by atoms with Gasteiger partial charge in [-0.15, -0.1) is 0 Å². The lowest BCUT2D eigenvalue weighted by Gasteiger charge is -2.25. The average Bonchev–Trinajstić information content (AvgIpc) is 3.21. The van der Waals surface area contributed by atoms with E-state index in [4.69, 9.17) is 18.9 Å². The third-order valence-corrected chi connectivity index (χ3v) is 6.77. The zero-order valence-corrected chi connectivity index (χ0v) is 22.0. The molecule has 0 fully saturated rings. The molecule has 0 N–H and O–H groups in total. The van der Waals surface area contributed by atoms with Gasteiger partial charge in [0.05, 0.1) is 35.6 Å². The maximum atomic E-state index is 13.7. The van der Waals surface area contributed by atoms with Crippen LogP contribution in [-0.4, -0.2) is 44.6 Å². The summed E-state index contributed by atoms with van der Waals surface area (Å²) in [6.45, 7) is 5.92. The van der Waals surface area contributed by atoms with Gasteiger partial charge in [0.1, 0.15) is 19.0 Å². The Morgan fingerprint density at radius 2 is 1.92 bits per heavy atom. The van der Waals surface area contributed by atoms with Crippen LogP contribution in [0.2, 0.25) is 0 Å². The lowest BCUT2D eigenvalue weighted by molar-refractivity contribution is -0.140. The van der Waals surface area contributed by atoms with Gasteiger partial charge in [-0.25, -0.2) is 14.2 Å². The summed E-state index contributed by atoms with van der Waals surface area (Å²) in [5.41, 5.74) is 1.58. The van der Waals surface area contributed by atoms with Gasteiger partial charge >= 0.3 is 5.97 Å². The molecule has 2 heterocycles. The molecule has 0 spiro atoms. The summed E-state index contributed by atoms with van der Waals surface area (Å²) < 4.78 is 36.9. The molecular formula is C28H27FN2O6S. The molecule has 0 saturated carbocycles. The Labute approximate surface area is 222 Å². The molecular weight excluding hydrogens is 511 g/mol. The van der Waals surface area contributed by atoms with Gasteiger partial charge in [0, 0.05) is 7.11 Å². The molecule has 1 aliphatic heterocycles. The Bertz CT molecular complexity index is 1560. The van der Waals surface area contributed by atoms with E-state index in [0.29, 0.717) is 37.7 Å². The monoisotopic (exact) mass is 538 g/mol. The van der Waals surface area contributed by atoms with Gasteiger partial charge < -0.3 is 18.9 Å². The molecule has 1 unspecified atom stereocenters. The van der Waals surface area contributed by atoms with Crippen molar-refractivity contribution in [3.8, 4) is 11.5 Å². The quantitative estimate of drug-likeness (QED) is 0.224. The summed E-state index contributed by atoms with van der Waals surface area (Å²) in [6.07, 6.45) is 3.29. The van der Waals surface area contributed by atoms with Gasteiger partial charge in [-0.2, -0.15) is 0 Å². The molecule has 38 heavy (non-hydrogen) atoms. The smallest absolute Gasteiger partial charge is 0.338 e. The summed E-state index contributed by atoms with van der Waals surface area (Å²) in [6, 6.07) is 10.2. The Balaban J connectivity index is 1.89. The van der Waals surface area contributed by atoms with Gasteiger partial charge in [-0.3, -0.25) is 9.36 Å². The number of fused-ring (bicyclic) bond motifs is 1. The third-order valence-electron chi connectivity index (χ3n) is 5.79.